The van der Waals surface area contributed by atoms with Crippen molar-refractivity contribution in [1.82, 2.24) is 9.80 Å². The molecule has 29 heavy (non-hydrogen) atoms. The molecule has 1 atom stereocenters. The lowest BCUT2D eigenvalue weighted by molar-refractivity contribution is -0.00998. The van der Waals surface area contributed by atoms with Crippen molar-refractivity contribution in [2.75, 3.05) is 13.1 Å². The van der Waals surface area contributed by atoms with Crippen LogP contribution in [0.15, 0.2) is 72.8 Å². The quantitative estimate of drug-likeness (QED) is 0.496. The largest absolute Gasteiger partial charge is 0.280 e. The zero-order chi connectivity index (χ0) is 20.2. The Bertz CT molecular complexity index is 919. The molecule has 0 radical (unpaired) electrons. The lowest BCUT2D eigenvalue weighted by atomic mass is 10.00. The molecule has 2 nitrogen and oxygen atoms in total. The first-order valence-electron chi connectivity index (χ1n) is 10.1. The summed E-state index contributed by atoms with van der Waals surface area (Å²) in [6.45, 7) is 5.43. The average molecular weight is 409 g/mol. The summed E-state index contributed by atoms with van der Waals surface area (Å²) in [7, 11) is 0. The summed E-state index contributed by atoms with van der Waals surface area (Å²) in [5.74, 6) is -0.140. The second-order valence-corrected chi connectivity index (χ2v) is 8.11. The molecule has 1 aliphatic rings. The summed E-state index contributed by atoms with van der Waals surface area (Å²) < 4.78 is 14.4. The monoisotopic (exact) mass is 408 g/mol. The summed E-state index contributed by atoms with van der Waals surface area (Å²) in [6, 6.07) is 23.6. The molecule has 0 saturated carbocycles. The van der Waals surface area contributed by atoms with Gasteiger partial charge in [-0.05, 0) is 42.2 Å². The third kappa shape index (κ3) is 4.53. The molecular formula is C25H26ClFN2. The summed E-state index contributed by atoms with van der Waals surface area (Å²) in [5.41, 5.74) is 4.39. The molecule has 0 amide bonds. The van der Waals surface area contributed by atoms with Crippen LogP contribution in [0.25, 0.3) is 0 Å². The van der Waals surface area contributed by atoms with Gasteiger partial charge in [0.25, 0.3) is 0 Å². The van der Waals surface area contributed by atoms with Gasteiger partial charge in [-0.2, -0.15) is 0 Å². The summed E-state index contributed by atoms with van der Waals surface area (Å²) in [4.78, 5) is 4.86. The van der Waals surface area contributed by atoms with Gasteiger partial charge in [-0.3, -0.25) is 9.80 Å². The number of benzene rings is 3. The minimum atomic E-state index is -0.140. The Morgan fingerprint density at radius 1 is 0.828 bits per heavy atom. The van der Waals surface area contributed by atoms with E-state index in [0.717, 1.165) is 42.2 Å². The van der Waals surface area contributed by atoms with Crippen molar-refractivity contribution in [1.29, 1.82) is 0 Å². The van der Waals surface area contributed by atoms with Crippen LogP contribution < -0.4 is 0 Å². The summed E-state index contributed by atoms with van der Waals surface area (Å²) in [5, 5.41) is 0.794. The highest BCUT2D eigenvalue weighted by molar-refractivity contribution is 6.31. The molecule has 3 aromatic rings. The van der Waals surface area contributed by atoms with Crippen LogP contribution in [0.3, 0.4) is 0 Å². The average Bonchev–Trinajstić information content (AvgIpc) is 2.72. The highest BCUT2D eigenvalue weighted by atomic mass is 35.5. The maximum absolute atomic E-state index is 14.4. The van der Waals surface area contributed by atoms with Crippen molar-refractivity contribution in [3.05, 3.63) is 106 Å². The van der Waals surface area contributed by atoms with E-state index in [1.165, 1.54) is 11.1 Å². The first-order valence-corrected chi connectivity index (χ1v) is 10.5. The first kappa shape index (κ1) is 20.1. The maximum Gasteiger partial charge on any atom is 0.127 e. The Morgan fingerprint density at radius 2 is 1.41 bits per heavy atom. The van der Waals surface area contributed by atoms with E-state index in [9.17, 15) is 4.39 Å². The molecule has 0 spiro atoms. The van der Waals surface area contributed by atoms with Gasteiger partial charge < -0.3 is 0 Å². The highest BCUT2D eigenvalue weighted by Gasteiger charge is 2.32. The normalized spacial score (nSPS) is 18.1. The molecule has 0 aromatic heterocycles. The van der Waals surface area contributed by atoms with E-state index in [1.807, 2.05) is 30.3 Å². The molecular weight excluding hydrogens is 383 g/mol. The standard InChI is InChI=1S/C25H26ClFN2/c1-19-9-2-5-12-22(19)25-28(17-20-10-3-6-13-23(20)26)15-8-16-29(25)18-21-11-4-7-14-24(21)27/h2-7,9-14,25H,8,15-18H2,1H3/t25-/m0/s1. The van der Waals surface area contributed by atoms with E-state index in [-0.39, 0.29) is 12.0 Å². The van der Waals surface area contributed by atoms with Crippen LogP contribution in [0.4, 0.5) is 4.39 Å². The van der Waals surface area contributed by atoms with Crippen LogP contribution in [0, 0.1) is 12.7 Å². The predicted octanol–water partition coefficient (Wildman–Crippen LogP) is 6.19. The number of halogens is 2. The Kier molecular flexibility index (Phi) is 6.29. The fourth-order valence-electron chi connectivity index (χ4n) is 4.24. The van der Waals surface area contributed by atoms with E-state index >= 15 is 0 Å². The maximum atomic E-state index is 14.4. The van der Waals surface area contributed by atoms with E-state index in [4.69, 9.17) is 11.6 Å². The van der Waals surface area contributed by atoms with Gasteiger partial charge in [0.1, 0.15) is 5.82 Å². The van der Waals surface area contributed by atoms with Crippen molar-refractivity contribution >= 4 is 11.6 Å². The molecule has 1 saturated heterocycles. The topological polar surface area (TPSA) is 6.48 Å². The number of nitrogens with zero attached hydrogens (tertiary/aromatic N) is 2. The molecule has 3 aromatic carbocycles. The van der Waals surface area contributed by atoms with Crippen LogP contribution in [-0.4, -0.2) is 22.9 Å². The minimum Gasteiger partial charge on any atom is -0.280 e. The van der Waals surface area contributed by atoms with E-state index in [2.05, 4.69) is 47.1 Å². The van der Waals surface area contributed by atoms with Crippen molar-refractivity contribution in [2.24, 2.45) is 0 Å². The van der Waals surface area contributed by atoms with Crippen LogP contribution in [0.1, 0.15) is 34.8 Å². The van der Waals surface area contributed by atoms with Crippen LogP contribution in [-0.2, 0) is 13.1 Å². The van der Waals surface area contributed by atoms with Gasteiger partial charge >= 0.3 is 0 Å². The molecule has 1 heterocycles. The van der Waals surface area contributed by atoms with Gasteiger partial charge in [-0.25, -0.2) is 4.39 Å². The second-order valence-electron chi connectivity index (χ2n) is 7.71. The SMILES string of the molecule is Cc1ccccc1[C@@H]1N(Cc2ccccc2F)CCCN1Cc1ccccc1Cl. The third-order valence-electron chi connectivity index (χ3n) is 5.71. The molecule has 4 rings (SSSR count). The molecule has 1 aliphatic heterocycles. The van der Waals surface area contributed by atoms with Crippen LogP contribution in [0.2, 0.25) is 5.02 Å². The van der Waals surface area contributed by atoms with Crippen LogP contribution >= 0.6 is 11.6 Å². The molecule has 1 fully saturated rings. The third-order valence-corrected chi connectivity index (χ3v) is 6.08. The minimum absolute atomic E-state index is 0.0841. The summed E-state index contributed by atoms with van der Waals surface area (Å²) >= 11 is 6.47. The van der Waals surface area contributed by atoms with Crippen LogP contribution in [0.5, 0.6) is 0 Å². The number of rotatable bonds is 5. The number of hydrogen-bond acceptors (Lipinski definition) is 2. The van der Waals surface area contributed by atoms with Crippen molar-refractivity contribution < 1.29 is 4.39 Å². The fourth-order valence-corrected chi connectivity index (χ4v) is 4.44. The molecule has 0 aliphatic carbocycles. The van der Waals surface area contributed by atoms with E-state index in [0.29, 0.717) is 6.54 Å². The number of hydrogen-bond donors (Lipinski definition) is 0. The van der Waals surface area contributed by atoms with Crippen molar-refractivity contribution in [3.63, 3.8) is 0 Å². The van der Waals surface area contributed by atoms with Crippen molar-refractivity contribution in [3.8, 4) is 0 Å². The Labute approximate surface area is 177 Å². The van der Waals surface area contributed by atoms with E-state index < -0.39 is 0 Å². The summed E-state index contributed by atoms with van der Waals surface area (Å²) in [6.07, 6.45) is 1.13. The fraction of sp³-hybridized carbons (Fsp3) is 0.280. The zero-order valence-corrected chi connectivity index (χ0v) is 17.4. The van der Waals surface area contributed by atoms with Gasteiger partial charge in [0, 0.05) is 36.8 Å². The van der Waals surface area contributed by atoms with Gasteiger partial charge in [-0.1, -0.05) is 72.3 Å². The van der Waals surface area contributed by atoms with E-state index in [1.54, 1.807) is 12.1 Å². The zero-order valence-electron chi connectivity index (χ0n) is 16.7. The van der Waals surface area contributed by atoms with Gasteiger partial charge in [0.2, 0.25) is 0 Å². The smallest absolute Gasteiger partial charge is 0.127 e. The van der Waals surface area contributed by atoms with Gasteiger partial charge in [0.15, 0.2) is 0 Å². The Balaban J connectivity index is 1.69. The van der Waals surface area contributed by atoms with Crippen molar-refractivity contribution in [2.45, 2.75) is 32.6 Å². The lowest BCUT2D eigenvalue weighted by Crippen LogP contribution is -2.47. The molecule has 4 heteroatoms. The predicted molar refractivity (Wildman–Crippen MR) is 117 cm³/mol. The molecule has 150 valence electrons. The number of aryl methyl sites for hydroxylation is 1. The molecule has 0 N–H and O–H groups in total. The highest BCUT2D eigenvalue weighted by Crippen LogP contribution is 2.34. The second kappa shape index (κ2) is 9.08. The molecule has 0 bridgehead atoms. The van der Waals surface area contributed by atoms with Gasteiger partial charge in [-0.15, -0.1) is 0 Å². The Hall–Kier alpha value is -2.20. The van der Waals surface area contributed by atoms with Gasteiger partial charge in [0.05, 0.1) is 6.17 Å². The molecule has 0 unspecified atom stereocenters. The lowest BCUT2D eigenvalue weighted by Gasteiger charge is -2.45. The Morgan fingerprint density at radius 3 is 2.10 bits per heavy atom. The first-order chi connectivity index (χ1) is 14.1.